The van der Waals surface area contributed by atoms with Crippen molar-refractivity contribution in [3.05, 3.63) is 108 Å². The van der Waals surface area contributed by atoms with Gasteiger partial charge in [0, 0.05) is 12.6 Å². The molecule has 152 valence electrons. The Morgan fingerprint density at radius 2 is 1.60 bits per heavy atom. The highest BCUT2D eigenvalue weighted by Gasteiger charge is 2.34. The molecule has 0 radical (unpaired) electrons. The molecular weight excluding hydrogens is 370 g/mol. The Kier molecular flexibility index (Phi) is 5.65. The van der Waals surface area contributed by atoms with Gasteiger partial charge in [0.25, 0.3) is 0 Å². The van der Waals surface area contributed by atoms with Crippen molar-refractivity contribution in [2.45, 2.75) is 31.7 Å². The summed E-state index contributed by atoms with van der Waals surface area (Å²) in [5.74, 6) is 0.922. The fourth-order valence-corrected chi connectivity index (χ4v) is 4.44. The van der Waals surface area contributed by atoms with Crippen LogP contribution in [0, 0.1) is 0 Å². The molecule has 2 unspecified atom stereocenters. The second-order valence-electron chi connectivity index (χ2n) is 8.11. The zero-order valence-corrected chi connectivity index (χ0v) is 17.1. The minimum atomic E-state index is 0.321. The van der Waals surface area contributed by atoms with Crippen molar-refractivity contribution >= 4 is 5.57 Å². The highest BCUT2D eigenvalue weighted by molar-refractivity contribution is 5.69. The molecule has 1 fully saturated rings. The molecule has 0 spiro atoms. The average molecular weight is 398 g/mol. The van der Waals surface area contributed by atoms with Crippen LogP contribution in [0.4, 0.5) is 0 Å². The summed E-state index contributed by atoms with van der Waals surface area (Å²) in [5, 5.41) is 0. The number of hydrogen-bond donors (Lipinski definition) is 0. The van der Waals surface area contributed by atoms with E-state index in [-0.39, 0.29) is 0 Å². The van der Waals surface area contributed by atoms with Gasteiger partial charge in [0.15, 0.2) is 0 Å². The molecule has 2 heterocycles. The zero-order chi connectivity index (χ0) is 20.2. The zero-order valence-electron chi connectivity index (χ0n) is 17.1. The molecule has 2 aliphatic rings. The van der Waals surface area contributed by atoms with Crippen LogP contribution in [0.1, 0.15) is 23.1 Å². The summed E-state index contributed by atoms with van der Waals surface area (Å²) in [5.41, 5.74) is 5.21. The number of nitrogens with zero attached hydrogens (tertiary/aromatic N) is 1. The summed E-state index contributed by atoms with van der Waals surface area (Å²) in [6, 6.07) is 30.3. The molecule has 3 aromatic carbocycles. The van der Waals surface area contributed by atoms with Gasteiger partial charge in [-0.05, 0) is 40.8 Å². The molecule has 0 amide bonds. The van der Waals surface area contributed by atoms with Crippen LogP contribution in [0.15, 0.2) is 91.0 Å². The number of benzene rings is 3. The van der Waals surface area contributed by atoms with Crippen molar-refractivity contribution in [1.29, 1.82) is 0 Å². The average Bonchev–Trinajstić information content (AvgIpc) is 2.79. The maximum absolute atomic E-state index is 6.06. The lowest BCUT2D eigenvalue weighted by atomic mass is 9.89. The van der Waals surface area contributed by atoms with E-state index in [4.69, 9.17) is 9.47 Å². The monoisotopic (exact) mass is 397 g/mol. The van der Waals surface area contributed by atoms with Gasteiger partial charge in [0.05, 0.1) is 19.3 Å². The lowest BCUT2D eigenvalue weighted by Gasteiger charge is -2.45. The van der Waals surface area contributed by atoms with Gasteiger partial charge in [-0.1, -0.05) is 78.9 Å². The third-order valence-electron chi connectivity index (χ3n) is 6.00. The van der Waals surface area contributed by atoms with Crippen LogP contribution in [0.3, 0.4) is 0 Å². The molecule has 0 aromatic heterocycles. The third kappa shape index (κ3) is 4.33. The van der Waals surface area contributed by atoms with E-state index in [1.54, 1.807) is 0 Å². The number of fused-ring (bicyclic) bond motifs is 2. The summed E-state index contributed by atoms with van der Waals surface area (Å²) in [7, 11) is 0. The van der Waals surface area contributed by atoms with E-state index in [9.17, 15) is 0 Å². The molecule has 30 heavy (non-hydrogen) atoms. The van der Waals surface area contributed by atoms with E-state index in [0.29, 0.717) is 18.7 Å². The first-order valence-corrected chi connectivity index (χ1v) is 10.7. The Morgan fingerprint density at radius 1 is 0.833 bits per heavy atom. The molecule has 2 atom stereocenters. The van der Waals surface area contributed by atoms with E-state index in [1.165, 1.54) is 22.3 Å². The summed E-state index contributed by atoms with van der Waals surface area (Å²) < 4.78 is 11.9. The Morgan fingerprint density at radius 3 is 2.37 bits per heavy atom. The SMILES string of the molecule is C1=C(c2cccc(OCc3ccccc3)c2)CC2COCC1N2Cc1ccccc1. The quantitative estimate of drug-likeness (QED) is 0.562. The summed E-state index contributed by atoms with van der Waals surface area (Å²) in [4.78, 5) is 2.60. The fraction of sp³-hybridized carbons (Fsp3) is 0.259. The summed E-state index contributed by atoms with van der Waals surface area (Å²) in [6.07, 6.45) is 3.40. The van der Waals surface area contributed by atoms with Crippen LogP contribution in [0.2, 0.25) is 0 Å². The van der Waals surface area contributed by atoms with Gasteiger partial charge in [0.2, 0.25) is 0 Å². The molecule has 3 aromatic rings. The molecule has 1 saturated heterocycles. The first kappa shape index (κ1) is 19.1. The minimum Gasteiger partial charge on any atom is -0.489 e. The molecule has 3 heteroatoms. The smallest absolute Gasteiger partial charge is 0.120 e. The molecule has 0 N–H and O–H groups in total. The molecule has 2 bridgehead atoms. The van der Waals surface area contributed by atoms with Gasteiger partial charge in [-0.15, -0.1) is 0 Å². The predicted octanol–water partition coefficient (Wildman–Crippen LogP) is 5.32. The van der Waals surface area contributed by atoms with Crippen LogP contribution in [0.25, 0.3) is 5.57 Å². The van der Waals surface area contributed by atoms with E-state index in [1.807, 2.05) is 24.3 Å². The lowest BCUT2D eigenvalue weighted by Crippen LogP contribution is -2.53. The molecule has 3 nitrogen and oxygen atoms in total. The summed E-state index contributed by atoms with van der Waals surface area (Å²) in [6.45, 7) is 3.12. The topological polar surface area (TPSA) is 21.7 Å². The van der Waals surface area contributed by atoms with Crippen LogP contribution in [0.5, 0.6) is 5.75 Å². The normalized spacial score (nSPS) is 21.1. The number of morpholine rings is 1. The Bertz CT molecular complexity index is 1000. The second-order valence-corrected chi connectivity index (χ2v) is 8.11. The van der Waals surface area contributed by atoms with Crippen molar-refractivity contribution in [1.82, 2.24) is 4.90 Å². The maximum atomic E-state index is 6.06. The number of ether oxygens (including phenoxy) is 2. The van der Waals surface area contributed by atoms with Crippen molar-refractivity contribution in [3.8, 4) is 5.75 Å². The number of hydrogen-bond acceptors (Lipinski definition) is 3. The van der Waals surface area contributed by atoms with E-state index in [0.717, 1.165) is 31.9 Å². The predicted molar refractivity (Wildman–Crippen MR) is 120 cm³/mol. The lowest BCUT2D eigenvalue weighted by molar-refractivity contribution is -0.0402. The molecule has 2 aliphatic heterocycles. The van der Waals surface area contributed by atoms with Crippen molar-refractivity contribution in [2.24, 2.45) is 0 Å². The Balaban J connectivity index is 1.32. The highest BCUT2D eigenvalue weighted by atomic mass is 16.5. The van der Waals surface area contributed by atoms with Crippen LogP contribution < -0.4 is 4.74 Å². The first-order chi connectivity index (χ1) is 14.8. The Hall–Kier alpha value is -2.88. The molecule has 0 aliphatic carbocycles. The minimum absolute atomic E-state index is 0.321. The van der Waals surface area contributed by atoms with Gasteiger partial charge in [0.1, 0.15) is 12.4 Å². The van der Waals surface area contributed by atoms with E-state index in [2.05, 4.69) is 71.6 Å². The van der Waals surface area contributed by atoms with Gasteiger partial charge in [-0.2, -0.15) is 0 Å². The second kappa shape index (κ2) is 8.86. The van der Waals surface area contributed by atoms with Crippen LogP contribution in [-0.4, -0.2) is 30.2 Å². The van der Waals surface area contributed by atoms with Crippen molar-refractivity contribution < 1.29 is 9.47 Å². The molecule has 0 saturated carbocycles. The molecular formula is C27H27NO2. The van der Waals surface area contributed by atoms with E-state index < -0.39 is 0 Å². The van der Waals surface area contributed by atoms with Crippen molar-refractivity contribution in [3.63, 3.8) is 0 Å². The van der Waals surface area contributed by atoms with Gasteiger partial charge >= 0.3 is 0 Å². The van der Waals surface area contributed by atoms with E-state index >= 15 is 0 Å². The summed E-state index contributed by atoms with van der Waals surface area (Å²) >= 11 is 0. The van der Waals surface area contributed by atoms with Crippen LogP contribution in [-0.2, 0) is 17.9 Å². The van der Waals surface area contributed by atoms with Gasteiger partial charge in [-0.3, -0.25) is 4.90 Å². The third-order valence-corrected chi connectivity index (χ3v) is 6.00. The van der Waals surface area contributed by atoms with Gasteiger partial charge < -0.3 is 9.47 Å². The standard InChI is InChI=1S/C27H27NO2/c1-3-8-21(9-4-1)17-28-25-14-24(15-26(28)20-29-19-25)23-12-7-13-27(16-23)30-18-22-10-5-2-6-11-22/h1-14,16,25-26H,15,17-20H2. The Labute approximate surface area is 178 Å². The number of rotatable bonds is 6. The fourth-order valence-electron chi connectivity index (χ4n) is 4.44. The first-order valence-electron chi connectivity index (χ1n) is 10.7. The largest absolute Gasteiger partial charge is 0.489 e. The van der Waals surface area contributed by atoms with Crippen LogP contribution >= 0.6 is 0 Å². The highest BCUT2D eigenvalue weighted by Crippen LogP contribution is 2.34. The maximum Gasteiger partial charge on any atom is 0.120 e. The van der Waals surface area contributed by atoms with Crippen molar-refractivity contribution in [2.75, 3.05) is 13.2 Å². The van der Waals surface area contributed by atoms with Gasteiger partial charge in [-0.25, -0.2) is 0 Å². The molecule has 5 rings (SSSR count).